The van der Waals surface area contributed by atoms with Crippen LogP contribution in [0.1, 0.15) is 51.9 Å². The van der Waals surface area contributed by atoms with Gasteiger partial charge in [0, 0.05) is 32.1 Å². The molecule has 1 N–H and O–H groups in total. The van der Waals surface area contributed by atoms with Crippen molar-refractivity contribution in [2.45, 2.75) is 64.0 Å². The number of carbonyl (C=O) groups excluding carboxylic acids is 2. The first kappa shape index (κ1) is 18.5. The quantitative estimate of drug-likeness (QED) is 0.857. The number of aromatic nitrogens is 1. The molecule has 1 saturated heterocycles. The maximum atomic E-state index is 13.0. The minimum absolute atomic E-state index is 0.0841. The first-order chi connectivity index (χ1) is 12.0. The van der Waals surface area contributed by atoms with Crippen molar-refractivity contribution in [1.82, 2.24) is 14.8 Å². The van der Waals surface area contributed by atoms with E-state index in [-0.39, 0.29) is 24.0 Å². The van der Waals surface area contributed by atoms with Gasteiger partial charge in [-0.2, -0.15) is 0 Å². The number of nitrogens with one attached hydrogen (secondary N) is 1. The van der Waals surface area contributed by atoms with Crippen molar-refractivity contribution in [3.63, 3.8) is 0 Å². The van der Waals surface area contributed by atoms with Gasteiger partial charge in [0.2, 0.25) is 5.91 Å². The second kappa shape index (κ2) is 8.36. The number of hydrogen-bond donors (Lipinski definition) is 1. The van der Waals surface area contributed by atoms with Gasteiger partial charge in [0.25, 0.3) is 0 Å². The molecule has 2 heterocycles. The van der Waals surface area contributed by atoms with Crippen LogP contribution in [-0.4, -0.2) is 51.9 Å². The SMILES string of the molecule is CC(=O)N1CCC(N(C(=O)Nc2ncc(Cl)s2)C2CCCCC2)CC1. The monoisotopic (exact) mass is 384 g/mol. The number of rotatable bonds is 3. The van der Waals surface area contributed by atoms with Crippen LogP contribution in [0.2, 0.25) is 4.34 Å². The zero-order valence-corrected chi connectivity index (χ0v) is 16.1. The summed E-state index contributed by atoms with van der Waals surface area (Å²) in [6, 6.07) is 0.367. The highest BCUT2D eigenvalue weighted by atomic mass is 35.5. The van der Waals surface area contributed by atoms with Crippen LogP contribution in [0, 0.1) is 0 Å². The highest BCUT2D eigenvalue weighted by molar-refractivity contribution is 7.19. The predicted molar refractivity (Wildman–Crippen MR) is 100 cm³/mol. The number of amides is 3. The summed E-state index contributed by atoms with van der Waals surface area (Å²) in [7, 11) is 0. The molecule has 6 nitrogen and oxygen atoms in total. The maximum absolute atomic E-state index is 13.0. The van der Waals surface area contributed by atoms with E-state index in [4.69, 9.17) is 11.6 Å². The Labute approximate surface area is 157 Å². The normalized spacial score (nSPS) is 19.7. The first-order valence-corrected chi connectivity index (χ1v) is 10.2. The van der Waals surface area contributed by atoms with Crippen molar-refractivity contribution in [3.8, 4) is 0 Å². The standard InChI is InChI=1S/C17H25ClN4O2S/c1-12(23)21-9-7-14(8-10-21)22(13-5-3-2-4-6-13)17(24)20-16-19-11-15(18)25-16/h11,13-14H,2-10H2,1H3,(H,19,20,24). The lowest BCUT2D eigenvalue weighted by molar-refractivity contribution is -0.130. The summed E-state index contributed by atoms with van der Waals surface area (Å²) >= 11 is 7.19. The molecule has 2 fully saturated rings. The Morgan fingerprint density at radius 1 is 1.20 bits per heavy atom. The van der Waals surface area contributed by atoms with Crippen molar-refractivity contribution >= 4 is 40.0 Å². The fourth-order valence-corrected chi connectivity index (χ4v) is 4.72. The fourth-order valence-electron chi connectivity index (χ4n) is 3.92. The summed E-state index contributed by atoms with van der Waals surface area (Å²) in [6.07, 6.45) is 8.92. The Balaban J connectivity index is 1.70. The summed E-state index contributed by atoms with van der Waals surface area (Å²) in [5.74, 6) is 0.115. The Morgan fingerprint density at radius 2 is 1.84 bits per heavy atom. The molecule has 1 aliphatic heterocycles. The molecule has 25 heavy (non-hydrogen) atoms. The van der Waals surface area contributed by atoms with E-state index >= 15 is 0 Å². The Hall–Kier alpha value is -1.34. The average Bonchev–Trinajstić information content (AvgIpc) is 3.01. The number of urea groups is 1. The van der Waals surface area contributed by atoms with Gasteiger partial charge in [-0.05, 0) is 25.7 Å². The molecule has 0 radical (unpaired) electrons. The summed E-state index contributed by atoms with van der Waals surface area (Å²) in [5, 5.41) is 3.46. The van der Waals surface area contributed by atoms with E-state index in [1.807, 2.05) is 9.80 Å². The Morgan fingerprint density at radius 3 is 2.40 bits per heavy atom. The molecular formula is C17H25ClN4O2S. The highest BCUT2D eigenvalue weighted by Crippen LogP contribution is 2.29. The van der Waals surface area contributed by atoms with Gasteiger partial charge in [-0.25, -0.2) is 9.78 Å². The molecule has 138 valence electrons. The summed E-state index contributed by atoms with van der Waals surface area (Å²) < 4.78 is 0.564. The topological polar surface area (TPSA) is 65.5 Å². The van der Waals surface area contributed by atoms with Gasteiger partial charge >= 0.3 is 6.03 Å². The van der Waals surface area contributed by atoms with E-state index in [1.165, 1.54) is 30.6 Å². The fraction of sp³-hybridized carbons (Fsp3) is 0.706. The maximum Gasteiger partial charge on any atom is 0.324 e. The zero-order chi connectivity index (χ0) is 17.8. The lowest BCUT2D eigenvalue weighted by Gasteiger charge is -2.43. The van der Waals surface area contributed by atoms with Crippen molar-refractivity contribution in [3.05, 3.63) is 10.5 Å². The third kappa shape index (κ3) is 4.64. The second-order valence-corrected chi connectivity index (χ2v) is 8.50. The van der Waals surface area contributed by atoms with Crippen LogP contribution in [0.3, 0.4) is 0 Å². The Kier molecular flexibility index (Phi) is 6.17. The number of nitrogens with zero attached hydrogens (tertiary/aromatic N) is 3. The predicted octanol–water partition coefficient (Wildman–Crippen LogP) is 3.97. The van der Waals surface area contributed by atoms with Crippen LogP contribution in [0.5, 0.6) is 0 Å². The van der Waals surface area contributed by atoms with Gasteiger partial charge in [0.1, 0.15) is 4.34 Å². The molecule has 3 amide bonds. The Bertz CT molecular complexity index is 610. The van der Waals surface area contributed by atoms with Crippen LogP contribution in [0.15, 0.2) is 6.20 Å². The van der Waals surface area contributed by atoms with Gasteiger partial charge < -0.3 is 9.80 Å². The molecule has 8 heteroatoms. The van der Waals surface area contributed by atoms with E-state index in [1.54, 1.807) is 13.1 Å². The highest BCUT2D eigenvalue weighted by Gasteiger charge is 2.34. The lowest BCUT2D eigenvalue weighted by atomic mass is 9.91. The molecule has 0 atom stereocenters. The van der Waals surface area contributed by atoms with Crippen LogP contribution >= 0.6 is 22.9 Å². The van der Waals surface area contributed by atoms with Crippen LogP contribution in [-0.2, 0) is 4.79 Å². The molecule has 1 aliphatic carbocycles. The second-order valence-electron chi connectivity index (χ2n) is 6.84. The minimum atomic E-state index is -0.0841. The molecule has 0 spiro atoms. The molecule has 1 saturated carbocycles. The van der Waals surface area contributed by atoms with Crippen molar-refractivity contribution in [2.24, 2.45) is 0 Å². The first-order valence-electron chi connectivity index (χ1n) is 9.01. The van der Waals surface area contributed by atoms with Crippen LogP contribution in [0.25, 0.3) is 0 Å². The van der Waals surface area contributed by atoms with Gasteiger partial charge in [0.05, 0.1) is 6.20 Å². The number of likely N-dealkylation sites (tertiary alicyclic amines) is 1. The molecule has 3 rings (SSSR count). The number of thiazole rings is 1. The van der Waals surface area contributed by atoms with Gasteiger partial charge in [-0.1, -0.05) is 42.2 Å². The van der Waals surface area contributed by atoms with E-state index < -0.39 is 0 Å². The lowest BCUT2D eigenvalue weighted by Crippen LogP contribution is -2.54. The van der Waals surface area contributed by atoms with Gasteiger partial charge in [-0.3, -0.25) is 10.1 Å². The number of carbonyl (C=O) groups is 2. The molecule has 0 unspecified atom stereocenters. The molecule has 1 aromatic rings. The van der Waals surface area contributed by atoms with Crippen molar-refractivity contribution in [1.29, 1.82) is 0 Å². The number of halogens is 1. The molecule has 2 aliphatic rings. The van der Waals surface area contributed by atoms with E-state index in [2.05, 4.69) is 10.3 Å². The van der Waals surface area contributed by atoms with E-state index in [9.17, 15) is 9.59 Å². The third-order valence-corrected chi connectivity index (χ3v) is 6.23. The third-order valence-electron chi connectivity index (χ3n) is 5.20. The molecule has 0 bridgehead atoms. The number of piperidine rings is 1. The van der Waals surface area contributed by atoms with E-state index in [0.717, 1.165) is 38.8 Å². The van der Waals surface area contributed by atoms with Gasteiger partial charge in [-0.15, -0.1) is 0 Å². The smallest absolute Gasteiger partial charge is 0.324 e. The average molecular weight is 385 g/mol. The van der Waals surface area contributed by atoms with E-state index in [0.29, 0.717) is 9.47 Å². The van der Waals surface area contributed by atoms with Crippen molar-refractivity contribution < 1.29 is 9.59 Å². The van der Waals surface area contributed by atoms with Gasteiger partial charge in [0.15, 0.2) is 5.13 Å². The molecule has 1 aromatic heterocycles. The number of hydrogen-bond acceptors (Lipinski definition) is 4. The largest absolute Gasteiger partial charge is 0.343 e. The van der Waals surface area contributed by atoms with Crippen molar-refractivity contribution in [2.75, 3.05) is 18.4 Å². The van der Waals surface area contributed by atoms with Crippen LogP contribution < -0.4 is 5.32 Å². The number of anilines is 1. The summed E-state index contributed by atoms with van der Waals surface area (Å²) in [4.78, 5) is 32.6. The summed E-state index contributed by atoms with van der Waals surface area (Å²) in [6.45, 7) is 3.05. The minimum Gasteiger partial charge on any atom is -0.343 e. The van der Waals surface area contributed by atoms with Crippen LogP contribution in [0.4, 0.5) is 9.93 Å². The molecule has 0 aromatic carbocycles. The summed E-state index contributed by atoms with van der Waals surface area (Å²) in [5.41, 5.74) is 0. The zero-order valence-electron chi connectivity index (χ0n) is 14.5. The molecular weight excluding hydrogens is 360 g/mol.